The second-order valence-corrected chi connectivity index (χ2v) is 9.64. The van der Waals surface area contributed by atoms with Crippen LogP contribution in [0.3, 0.4) is 0 Å². The molecule has 188 valence electrons. The van der Waals surface area contributed by atoms with E-state index in [1.54, 1.807) is 13.0 Å². The van der Waals surface area contributed by atoms with Crippen LogP contribution in [-0.4, -0.2) is 57.8 Å². The molecule has 1 aromatic rings. The van der Waals surface area contributed by atoms with Crippen molar-refractivity contribution in [3.05, 3.63) is 53.4 Å². The van der Waals surface area contributed by atoms with E-state index in [-0.39, 0.29) is 23.9 Å². The van der Waals surface area contributed by atoms with Gasteiger partial charge in [0.05, 0.1) is 11.8 Å². The summed E-state index contributed by atoms with van der Waals surface area (Å²) in [4.78, 5) is 27.4. The van der Waals surface area contributed by atoms with Gasteiger partial charge in [-0.3, -0.25) is 4.79 Å². The summed E-state index contributed by atoms with van der Waals surface area (Å²) in [5.74, 6) is -0.437. The molecule has 1 amide bonds. The third kappa shape index (κ3) is 10.4. The van der Waals surface area contributed by atoms with Gasteiger partial charge in [0.2, 0.25) is 10.0 Å². The molecule has 0 fully saturated rings. The molecule has 0 aliphatic heterocycles. The number of hydrogen-bond acceptors (Lipinski definition) is 6. The fourth-order valence-corrected chi connectivity index (χ4v) is 3.01. The van der Waals surface area contributed by atoms with Crippen LogP contribution in [0.5, 0.6) is 0 Å². The molecule has 0 saturated heterocycles. The molecular formula is C24H34FN3O5S. The lowest BCUT2D eigenvalue weighted by Gasteiger charge is -2.17. The quantitative estimate of drug-likeness (QED) is 0.0807. The Morgan fingerprint density at radius 1 is 1.18 bits per heavy atom. The Bertz CT molecular complexity index is 1000. The summed E-state index contributed by atoms with van der Waals surface area (Å²) in [7, 11) is -0.534. The van der Waals surface area contributed by atoms with Gasteiger partial charge in [0, 0.05) is 32.5 Å². The third-order valence-corrected chi connectivity index (χ3v) is 6.08. The molecule has 0 bridgehead atoms. The van der Waals surface area contributed by atoms with Gasteiger partial charge in [0.15, 0.2) is 5.90 Å². The second-order valence-electron chi connectivity index (χ2n) is 7.55. The van der Waals surface area contributed by atoms with Gasteiger partial charge in [0.1, 0.15) is 24.5 Å². The van der Waals surface area contributed by atoms with Crippen molar-refractivity contribution in [2.45, 2.75) is 45.4 Å². The topological polar surface area (TPSA) is 105 Å². The van der Waals surface area contributed by atoms with Crippen molar-refractivity contribution in [1.82, 2.24) is 9.62 Å². The lowest BCUT2D eigenvalue weighted by molar-refractivity contribution is -0.116. The fourth-order valence-electron chi connectivity index (χ4n) is 2.75. The number of rotatable bonds is 14. The highest BCUT2D eigenvalue weighted by molar-refractivity contribution is 7.88. The lowest BCUT2D eigenvalue weighted by Crippen LogP contribution is -2.26. The van der Waals surface area contributed by atoms with Crippen molar-refractivity contribution in [3.63, 3.8) is 0 Å². The molecule has 8 nitrogen and oxygen atoms in total. The number of aldehydes is 1. The molecule has 0 atom stereocenters. The molecule has 0 aliphatic rings. The minimum atomic E-state index is -3.43. The van der Waals surface area contributed by atoms with Crippen molar-refractivity contribution in [2.24, 2.45) is 4.99 Å². The highest BCUT2D eigenvalue weighted by Crippen LogP contribution is 2.24. The Labute approximate surface area is 201 Å². The summed E-state index contributed by atoms with van der Waals surface area (Å²) < 4.78 is 44.0. The van der Waals surface area contributed by atoms with Gasteiger partial charge < -0.3 is 14.8 Å². The first-order valence-corrected chi connectivity index (χ1v) is 12.9. The summed E-state index contributed by atoms with van der Waals surface area (Å²) in [5, 5.41) is 2.59. The molecule has 0 saturated carbocycles. The number of carbonyl (C=O) groups is 2. The average molecular weight is 496 g/mol. The predicted octanol–water partition coefficient (Wildman–Crippen LogP) is 3.66. The molecule has 1 aromatic carbocycles. The second kappa shape index (κ2) is 15.1. The number of ether oxygens (including phenoxy) is 1. The largest absolute Gasteiger partial charge is 0.442 e. The van der Waals surface area contributed by atoms with Crippen LogP contribution < -0.4 is 5.32 Å². The molecule has 0 heterocycles. The van der Waals surface area contributed by atoms with E-state index in [1.807, 2.05) is 6.08 Å². The molecule has 0 radical (unpaired) electrons. The zero-order valence-corrected chi connectivity index (χ0v) is 21.0. The number of aliphatic imine (C=N–C) groups is 1. The minimum absolute atomic E-state index is 0.148. The molecule has 1 rings (SSSR count). The van der Waals surface area contributed by atoms with E-state index in [0.717, 1.165) is 36.1 Å². The van der Waals surface area contributed by atoms with E-state index in [0.29, 0.717) is 24.8 Å². The Balaban J connectivity index is 3.33. The first kappa shape index (κ1) is 29.2. The molecular weight excluding hydrogens is 461 g/mol. The number of hydrogen-bond donors (Lipinski definition) is 1. The van der Waals surface area contributed by atoms with Crippen LogP contribution >= 0.6 is 0 Å². The van der Waals surface area contributed by atoms with E-state index >= 15 is 0 Å². The van der Waals surface area contributed by atoms with E-state index < -0.39 is 21.7 Å². The van der Waals surface area contributed by atoms with E-state index in [9.17, 15) is 22.4 Å². The van der Waals surface area contributed by atoms with Gasteiger partial charge in [0.25, 0.3) is 5.91 Å². The van der Waals surface area contributed by atoms with Crippen LogP contribution in [0, 0.1) is 5.82 Å². The van der Waals surface area contributed by atoms with Gasteiger partial charge >= 0.3 is 0 Å². The summed E-state index contributed by atoms with van der Waals surface area (Å²) in [6, 6.07) is 5.52. The number of halogens is 1. The molecule has 34 heavy (non-hydrogen) atoms. The van der Waals surface area contributed by atoms with Crippen molar-refractivity contribution in [3.8, 4) is 0 Å². The van der Waals surface area contributed by atoms with Gasteiger partial charge in [-0.25, -0.2) is 17.8 Å². The van der Waals surface area contributed by atoms with Crippen LogP contribution in [0.25, 0.3) is 5.76 Å². The van der Waals surface area contributed by atoms with Crippen LogP contribution in [-0.2, 0) is 24.3 Å². The predicted molar refractivity (Wildman–Crippen MR) is 132 cm³/mol. The number of likely N-dealkylation sites (N-methyl/N-ethyl adjacent to an activating group) is 1. The van der Waals surface area contributed by atoms with Crippen LogP contribution in [0.2, 0.25) is 0 Å². The molecule has 10 heteroatoms. The first-order valence-electron chi connectivity index (χ1n) is 11.1. The SMILES string of the molecule is CC/C(=N\CN(C)S(C)(=O)=O)O/C(=C(\C=C\CCCCCC=O)C(=O)NC)c1ccc(F)cc1. The minimum Gasteiger partial charge on any atom is -0.442 e. The number of carbonyl (C=O) groups excluding carboxylic acids is 2. The lowest BCUT2D eigenvalue weighted by atomic mass is 10.1. The number of nitrogens with zero attached hydrogens (tertiary/aromatic N) is 2. The van der Waals surface area contributed by atoms with Crippen molar-refractivity contribution >= 4 is 33.9 Å². The van der Waals surface area contributed by atoms with Crippen LogP contribution in [0.15, 0.2) is 47.0 Å². The fraction of sp³-hybridized carbons (Fsp3) is 0.458. The van der Waals surface area contributed by atoms with Gasteiger partial charge in [-0.05, 0) is 49.6 Å². The molecule has 0 aliphatic carbocycles. The summed E-state index contributed by atoms with van der Waals surface area (Å²) in [6.45, 7) is 1.64. The number of sulfonamides is 1. The number of nitrogens with one attached hydrogen (secondary N) is 1. The van der Waals surface area contributed by atoms with Crippen molar-refractivity contribution in [1.29, 1.82) is 0 Å². The summed E-state index contributed by atoms with van der Waals surface area (Å²) in [5.41, 5.74) is 0.688. The average Bonchev–Trinajstić information content (AvgIpc) is 2.81. The van der Waals surface area contributed by atoms with Crippen LogP contribution in [0.1, 0.15) is 51.0 Å². The maximum atomic E-state index is 13.5. The Kier molecular flexibility index (Phi) is 13.0. The zero-order chi connectivity index (χ0) is 25.6. The normalized spacial score (nSPS) is 13.2. The van der Waals surface area contributed by atoms with E-state index in [4.69, 9.17) is 4.74 Å². The third-order valence-electron chi connectivity index (χ3n) is 4.83. The van der Waals surface area contributed by atoms with Gasteiger partial charge in [-0.1, -0.05) is 19.4 Å². The van der Waals surface area contributed by atoms with E-state index in [2.05, 4.69) is 10.3 Å². The Morgan fingerprint density at radius 2 is 1.82 bits per heavy atom. The maximum absolute atomic E-state index is 13.5. The highest BCUT2D eigenvalue weighted by Gasteiger charge is 2.18. The highest BCUT2D eigenvalue weighted by atomic mass is 32.2. The Hall–Kier alpha value is -2.85. The Morgan fingerprint density at radius 3 is 2.38 bits per heavy atom. The smallest absolute Gasteiger partial charge is 0.254 e. The van der Waals surface area contributed by atoms with E-state index in [1.165, 1.54) is 38.4 Å². The van der Waals surface area contributed by atoms with Gasteiger partial charge in [-0.15, -0.1) is 0 Å². The molecule has 0 spiro atoms. The van der Waals surface area contributed by atoms with Crippen molar-refractivity contribution in [2.75, 3.05) is 27.0 Å². The molecule has 1 N–H and O–H groups in total. The maximum Gasteiger partial charge on any atom is 0.254 e. The standard InChI is InChI=1S/C24H34FN3O5S/c1-5-22(27-18-28(3)34(4,31)32)33-23(19-13-15-20(25)16-14-19)21(24(30)26-2)12-10-8-6-7-9-11-17-29/h10,12-17H,5-9,11,18H2,1-4H3,(H,26,30)/b12-10+,23-21+,27-22+. The molecule has 0 unspecified atom stereocenters. The number of allylic oxidation sites excluding steroid dienone is 1. The summed E-state index contributed by atoms with van der Waals surface area (Å²) in [6.07, 6.45) is 9.60. The first-order chi connectivity index (χ1) is 16.1. The van der Waals surface area contributed by atoms with Gasteiger partial charge in [-0.2, -0.15) is 4.31 Å². The zero-order valence-electron chi connectivity index (χ0n) is 20.2. The number of unbranched alkanes of at least 4 members (excludes halogenated alkanes) is 4. The number of amides is 1. The van der Waals surface area contributed by atoms with Crippen molar-refractivity contribution < 1.29 is 27.1 Å². The monoisotopic (exact) mass is 495 g/mol. The summed E-state index contributed by atoms with van der Waals surface area (Å²) >= 11 is 0. The molecule has 0 aromatic heterocycles. The van der Waals surface area contributed by atoms with Crippen LogP contribution in [0.4, 0.5) is 4.39 Å². The number of benzene rings is 1.